The Hall–Kier alpha value is -0.900. The van der Waals surface area contributed by atoms with Gasteiger partial charge in [0, 0.05) is 19.8 Å². The number of ether oxygens (including phenoxy) is 2. The Morgan fingerprint density at radius 2 is 0.841 bits per heavy atom. The number of likely N-dealkylation sites (N-methyl/N-ethyl adjacent to an activating group) is 1. The predicted octanol–water partition coefficient (Wildman–Crippen LogP) is 12.8. The molecule has 44 heavy (non-hydrogen) atoms. The first-order valence-corrected chi connectivity index (χ1v) is 19.5. The molecular weight excluding hydrogens is 538 g/mol. The fourth-order valence-electron chi connectivity index (χ4n) is 5.57. The van der Waals surface area contributed by atoms with Crippen LogP contribution in [0.4, 0.5) is 0 Å². The highest BCUT2D eigenvalue weighted by molar-refractivity contribution is 4.92. The third kappa shape index (κ3) is 37.3. The van der Waals surface area contributed by atoms with Crippen LogP contribution in [0.25, 0.3) is 0 Å². The van der Waals surface area contributed by atoms with Crippen molar-refractivity contribution in [1.82, 2.24) is 4.90 Å². The molecular formula is C41H79NO2. The van der Waals surface area contributed by atoms with Crippen LogP contribution in [-0.2, 0) is 9.47 Å². The van der Waals surface area contributed by atoms with E-state index in [-0.39, 0.29) is 6.10 Å². The molecule has 0 N–H and O–H groups in total. The third-order valence-electron chi connectivity index (χ3n) is 8.37. The summed E-state index contributed by atoms with van der Waals surface area (Å²) in [5, 5.41) is 0. The van der Waals surface area contributed by atoms with E-state index in [0.717, 1.165) is 32.8 Å². The van der Waals surface area contributed by atoms with E-state index in [9.17, 15) is 0 Å². The normalized spacial score (nSPS) is 13.0. The van der Waals surface area contributed by atoms with Crippen molar-refractivity contribution in [3.8, 4) is 0 Å². The van der Waals surface area contributed by atoms with Gasteiger partial charge in [0.05, 0.1) is 12.7 Å². The molecule has 0 saturated carbocycles. The largest absolute Gasteiger partial charge is 0.379 e. The topological polar surface area (TPSA) is 21.7 Å². The maximum Gasteiger partial charge on any atom is 0.0934 e. The van der Waals surface area contributed by atoms with Crippen LogP contribution in [0.2, 0.25) is 0 Å². The molecule has 260 valence electrons. The van der Waals surface area contributed by atoms with Gasteiger partial charge in [-0.2, -0.15) is 0 Å². The monoisotopic (exact) mass is 618 g/mol. The van der Waals surface area contributed by atoms with Crippen LogP contribution in [-0.4, -0.2) is 51.5 Å². The summed E-state index contributed by atoms with van der Waals surface area (Å²) >= 11 is 0. The lowest BCUT2D eigenvalue weighted by Gasteiger charge is -2.21. The average molecular weight is 618 g/mol. The minimum absolute atomic E-state index is 0.192. The summed E-state index contributed by atoms with van der Waals surface area (Å²) in [6, 6.07) is 0. The fraction of sp³-hybridized carbons (Fsp3) is 0.854. The standard InChI is InChI=1S/C41H79NO2/c1-5-7-9-11-13-15-17-19-21-23-25-27-29-31-33-35-37-43-40-41(39-42(3)4)44-38-36-34-32-30-28-26-24-22-20-18-16-14-12-10-8-6-2/h13,15,19-22,41H,5-12,14,16-18,23-40H2,1-4H3/b15-13-,21-19-,22-20-. The van der Waals surface area contributed by atoms with Gasteiger partial charge in [-0.1, -0.05) is 147 Å². The van der Waals surface area contributed by atoms with E-state index in [1.807, 2.05) is 0 Å². The van der Waals surface area contributed by atoms with E-state index in [2.05, 4.69) is 69.3 Å². The second-order valence-electron chi connectivity index (χ2n) is 13.4. The van der Waals surface area contributed by atoms with Gasteiger partial charge in [-0.3, -0.25) is 0 Å². The van der Waals surface area contributed by atoms with Crippen molar-refractivity contribution in [3.05, 3.63) is 36.5 Å². The van der Waals surface area contributed by atoms with Crippen molar-refractivity contribution in [1.29, 1.82) is 0 Å². The molecule has 0 aliphatic heterocycles. The zero-order chi connectivity index (χ0) is 32.0. The summed E-state index contributed by atoms with van der Waals surface area (Å²) in [7, 11) is 4.26. The lowest BCUT2D eigenvalue weighted by atomic mass is 10.1. The molecule has 0 aliphatic carbocycles. The van der Waals surface area contributed by atoms with Crippen LogP contribution in [0.5, 0.6) is 0 Å². The zero-order valence-corrected chi connectivity index (χ0v) is 30.5. The van der Waals surface area contributed by atoms with Gasteiger partial charge in [0.1, 0.15) is 0 Å². The molecule has 1 unspecified atom stereocenters. The third-order valence-corrected chi connectivity index (χ3v) is 8.37. The van der Waals surface area contributed by atoms with E-state index in [1.165, 1.54) is 161 Å². The van der Waals surface area contributed by atoms with E-state index in [1.54, 1.807) is 0 Å². The van der Waals surface area contributed by atoms with Crippen molar-refractivity contribution >= 4 is 0 Å². The van der Waals surface area contributed by atoms with Gasteiger partial charge < -0.3 is 14.4 Å². The van der Waals surface area contributed by atoms with Crippen molar-refractivity contribution < 1.29 is 9.47 Å². The quantitative estimate of drug-likeness (QED) is 0.0515. The SMILES string of the molecule is CCCCC/C=C\C/C=C\CCCCCCCCOCC(CN(C)C)OCCCCCCCC/C=C\CCCCCCCC. The summed E-state index contributed by atoms with van der Waals surface area (Å²) in [6.07, 6.45) is 48.6. The molecule has 0 aromatic heterocycles. The van der Waals surface area contributed by atoms with Gasteiger partial charge in [-0.05, 0) is 84.7 Å². The van der Waals surface area contributed by atoms with Crippen molar-refractivity contribution in [2.24, 2.45) is 0 Å². The maximum absolute atomic E-state index is 6.22. The number of hydrogen-bond acceptors (Lipinski definition) is 3. The molecule has 0 aromatic carbocycles. The first-order chi connectivity index (χ1) is 21.7. The lowest BCUT2D eigenvalue weighted by molar-refractivity contribution is -0.0287. The van der Waals surface area contributed by atoms with Crippen molar-refractivity contribution in [3.63, 3.8) is 0 Å². The number of hydrogen-bond donors (Lipinski definition) is 0. The minimum Gasteiger partial charge on any atom is -0.379 e. The van der Waals surface area contributed by atoms with Crippen LogP contribution < -0.4 is 0 Å². The Balaban J connectivity index is 3.55. The first-order valence-electron chi connectivity index (χ1n) is 19.5. The van der Waals surface area contributed by atoms with E-state index in [0.29, 0.717) is 0 Å². The maximum atomic E-state index is 6.22. The molecule has 3 nitrogen and oxygen atoms in total. The summed E-state index contributed by atoms with van der Waals surface area (Å²) in [5.74, 6) is 0. The molecule has 0 heterocycles. The Labute approximate surface area is 277 Å². The summed E-state index contributed by atoms with van der Waals surface area (Å²) in [6.45, 7) is 7.96. The zero-order valence-electron chi connectivity index (χ0n) is 30.5. The van der Waals surface area contributed by atoms with Crippen LogP contribution >= 0.6 is 0 Å². The number of rotatable bonds is 36. The minimum atomic E-state index is 0.192. The van der Waals surface area contributed by atoms with Gasteiger partial charge in [0.15, 0.2) is 0 Å². The molecule has 0 amide bonds. The van der Waals surface area contributed by atoms with Crippen LogP contribution in [0.15, 0.2) is 36.5 Å². The molecule has 0 rings (SSSR count). The van der Waals surface area contributed by atoms with Gasteiger partial charge in [0.25, 0.3) is 0 Å². The predicted molar refractivity (Wildman–Crippen MR) is 198 cm³/mol. The van der Waals surface area contributed by atoms with Crippen molar-refractivity contribution in [2.45, 2.75) is 187 Å². The van der Waals surface area contributed by atoms with E-state index in [4.69, 9.17) is 9.47 Å². The molecule has 0 bridgehead atoms. The molecule has 0 aromatic rings. The number of nitrogens with zero attached hydrogens (tertiary/aromatic N) is 1. The van der Waals surface area contributed by atoms with E-state index >= 15 is 0 Å². The lowest BCUT2D eigenvalue weighted by Crippen LogP contribution is -2.32. The Morgan fingerprint density at radius 3 is 1.34 bits per heavy atom. The summed E-state index contributed by atoms with van der Waals surface area (Å²) < 4.78 is 12.2. The Morgan fingerprint density at radius 1 is 0.455 bits per heavy atom. The Kier molecular flexibility index (Phi) is 37.5. The van der Waals surface area contributed by atoms with E-state index < -0.39 is 0 Å². The molecule has 1 atom stereocenters. The van der Waals surface area contributed by atoms with Crippen molar-refractivity contribution in [2.75, 3.05) is 40.5 Å². The molecule has 0 aliphatic rings. The smallest absolute Gasteiger partial charge is 0.0934 e. The second-order valence-corrected chi connectivity index (χ2v) is 13.4. The van der Waals surface area contributed by atoms with Gasteiger partial charge in [0.2, 0.25) is 0 Å². The van der Waals surface area contributed by atoms with Gasteiger partial charge in [-0.25, -0.2) is 0 Å². The van der Waals surface area contributed by atoms with Crippen LogP contribution in [0.3, 0.4) is 0 Å². The molecule has 3 heteroatoms. The first kappa shape index (κ1) is 43.1. The summed E-state index contributed by atoms with van der Waals surface area (Å²) in [4.78, 5) is 2.22. The summed E-state index contributed by atoms with van der Waals surface area (Å²) in [5.41, 5.74) is 0. The highest BCUT2D eigenvalue weighted by Gasteiger charge is 2.10. The fourth-order valence-corrected chi connectivity index (χ4v) is 5.57. The average Bonchev–Trinajstić information content (AvgIpc) is 3.01. The molecule has 0 fully saturated rings. The second kappa shape index (κ2) is 38.3. The molecule has 0 spiro atoms. The molecule has 0 radical (unpaired) electrons. The van der Waals surface area contributed by atoms with Gasteiger partial charge in [-0.15, -0.1) is 0 Å². The highest BCUT2D eigenvalue weighted by atomic mass is 16.5. The van der Waals surface area contributed by atoms with Crippen LogP contribution in [0.1, 0.15) is 181 Å². The van der Waals surface area contributed by atoms with Gasteiger partial charge >= 0.3 is 0 Å². The highest BCUT2D eigenvalue weighted by Crippen LogP contribution is 2.11. The Bertz CT molecular complexity index is 612. The van der Waals surface area contributed by atoms with Crippen LogP contribution in [0, 0.1) is 0 Å². The number of allylic oxidation sites excluding steroid dienone is 6. The molecule has 0 saturated heterocycles. The number of unbranched alkanes of at least 4 members (excludes halogenated alkanes) is 21.